The van der Waals surface area contributed by atoms with Crippen molar-refractivity contribution in [2.45, 2.75) is 32.7 Å². The second kappa shape index (κ2) is 5.11. The molecular formula is C14H19ClN2. The van der Waals surface area contributed by atoms with Crippen molar-refractivity contribution >= 4 is 22.5 Å². The zero-order valence-electron chi connectivity index (χ0n) is 10.6. The first-order chi connectivity index (χ1) is 8.22. The van der Waals surface area contributed by atoms with Gasteiger partial charge >= 0.3 is 0 Å². The highest BCUT2D eigenvalue weighted by molar-refractivity contribution is 6.35. The normalized spacial score (nSPS) is 13.2. The summed E-state index contributed by atoms with van der Waals surface area (Å²) in [6.07, 6.45) is 2.07. The molecule has 17 heavy (non-hydrogen) atoms. The first-order valence-corrected chi connectivity index (χ1v) is 6.56. The second-order valence-electron chi connectivity index (χ2n) is 4.28. The maximum absolute atomic E-state index is 6.24. The summed E-state index contributed by atoms with van der Waals surface area (Å²) in [7, 11) is 2.01. The third-order valence-corrected chi connectivity index (χ3v) is 3.68. The lowest BCUT2D eigenvalue weighted by Gasteiger charge is -2.15. The van der Waals surface area contributed by atoms with Gasteiger partial charge in [-0.15, -0.1) is 0 Å². The van der Waals surface area contributed by atoms with Gasteiger partial charge in [0.15, 0.2) is 0 Å². The molecule has 0 aliphatic rings. The average molecular weight is 251 g/mol. The van der Waals surface area contributed by atoms with E-state index in [1.807, 2.05) is 19.2 Å². The van der Waals surface area contributed by atoms with Crippen LogP contribution in [-0.4, -0.2) is 12.0 Å². The number of fused-ring (bicyclic) bond motifs is 1. The van der Waals surface area contributed by atoms with Crippen LogP contribution in [0, 0.1) is 0 Å². The Morgan fingerprint density at radius 1 is 1.35 bits per heavy atom. The minimum atomic E-state index is 0.386. The van der Waals surface area contributed by atoms with E-state index in [1.165, 1.54) is 16.6 Å². The van der Waals surface area contributed by atoms with Gasteiger partial charge in [0.25, 0.3) is 0 Å². The maximum Gasteiger partial charge on any atom is 0.0648 e. The van der Waals surface area contributed by atoms with E-state index in [1.54, 1.807) is 0 Å². The van der Waals surface area contributed by atoms with Crippen molar-refractivity contribution in [1.82, 2.24) is 10.3 Å². The lowest BCUT2D eigenvalue weighted by Crippen LogP contribution is -2.16. The fourth-order valence-electron chi connectivity index (χ4n) is 2.49. The number of benzene rings is 1. The molecule has 2 nitrogen and oxygen atoms in total. The van der Waals surface area contributed by atoms with Crippen molar-refractivity contribution in [2.24, 2.45) is 0 Å². The number of hydrogen-bond acceptors (Lipinski definition) is 1. The fourth-order valence-corrected chi connectivity index (χ4v) is 2.71. The number of aromatic nitrogens is 1. The van der Waals surface area contributed by atoms with E-state index < -0.39 is 0 Å². The van der Waals surface area contributed by atoms with Gasteiger partial charge in [0, 0.05) is 17.1 Å². The Labute approximate surface area is 107 Å². The number of H-pyrrole nitrogens is 1. The summed E-state index contributed by atoms with van der Waals surface area (Å²) in [5.41, 5.74) is 3.72. The van der Waals surface area contributed by atoms with E-state index in [9.17, 15) is 0 Å². The number of nitrogens with one attached hydrogen (secondary N) is 2. The van der Waals surface area contributed by atoms with Crippen LogP contribution in [0.25, 0.3) is 10.9 Å². The monoisotopic (exact) mass is 250 g/mol. The van der Waals surface area contributed by atoms with Crippen molar-refractivity contribution in [3.63, 3.8) is 0 Å². The molecule has 2 aromatic rings. The molecule has 1 aromatic heterocycles. The number of aromatic amines is 1. The van der Waals surface area contributed by atoms with Gasteiger partial charge < -0.3 is 10.3 Å². The van der Waals surface area contributed by atoms with Crippen LogP contribution in [0.15, 0.2) is 18.2 Å². The molecule has 0 aliphatic carbocycles. The summed E-state index contributed by atoms with van der Waals surface area (Å²) < 4.78 is 0. The van der Waals surface area contributed by atoms with Gasteiger partial charge in [-0.05, 0) is 31.5 Å². The lowest BCUT2D eigenvalue weighted by atomic mass is 10.00. The zero-order chi connectivity index (χ0) is 12.4. The minimum absolute atomic E-state index is 0.386. The first kappa shape index (κ1) is 12.5. The molecule has 2 N–H and O–H groups in total. The van der Waals surface area contributed by atoms with Gasteiger partial charge in [0.1, 0.15) is 0 Å². The summed E-state index contributed by atoms with van der Waals surface area (Å²) in [5, 5.41) is 5.42. The molecule has 0 aliphatic heterocycles. The molecular weight excluding hydrogens is 232 g/mol. The van der Waals surface area contributed by atoms with Crippen LogP contribution in [0.1, 0.15) is 37.6 Å². The van der Waals surface area contributed by atoms with E-state index in [4.69, 9.17) is 11.6 Å². The summed E-state index contributed by atoms with van der Waals surface area (Å²) in [4.78, 5) is 3.46. The molecule has 1 atom stereocenters. The Balaban J connectivity index is 2.70. The van der Waals surface area contributed by atoms with Crippen LogP contribution in [0.3, 0.4) is 0 Å². The van der Waals surface area contributed by atoms with Gasteiger partial charge in [0.05, 0.1) is 10.5 Å². The zero-order valence-corrected chi connectivity index (χ0v) is 11.4. The predicted octanol–water partition coefficient (Wildman–Crippen LogP) is 4.05. The number of aryl methyl sites for hydroxylation is 1. The molecule has 0 fully saturated rings. The van der Waals surface area contributed by atoms with Gasteiger partial charge in [-0.25, -0.2) is 0 Å². The van der Waals surface area contributed by atoms with E-state index >= 15 is 0 Å². The fraction of sp³-hybridized carbons (Fsp3) is 0.429. The maximum atomic E-state index is 6.24. The van der Waals surface area contributed by atoms with Gasteiger partial charge in [-0.3, -0.25) is 0 Å². The van der Waals surface area contributed by atoms with Crippen LogP contribution in [0.4, 0.5) is 0 Å². The summed E-state index contributed by atoms with van der Waals surface area (Å²) >= 11 is 6.24. The van der Waals surface area contributed by atoms with Crippen molar-refractivity contribution in [3.8, 4) is 0 Å². The van der Waals surface area contributed by atoms with E-state index in [-0.39, 0.29) is 0 Å². The molecule has 0 radical (unpaired) electrons. The number of halogens is 1. The van der Waals surface area contributed by atoms with Crippen molar-refractivity contribution in [3.05, 3.63) is 34.5 Å². The van der Waals surface area contributed by atoms with Crippen LogP contribution in [0.2, 0.25) is 5.02 Å². The molecule has 0 spiro atoms. The first-order valence-electron chi connectivity index (χ1n) is 6.19. The van der Waals surface area contributed by atoms with Crippen LogP contribution >= 0.6 is 11.6 Å². The average Bonchev–Trinajstić information content (AvgIpc) is 2.72. The third-order valence-electron chi connectivity index (χ3n) is 3.36. The standard InChI is InChI=1S/C14H19ClN2/c1-4-11(16-3)13-9-7-6-8-10(15)14(9)17-12(13)5-2/h6-8,11,16-17H,4-5H2,1-3H3. The molecule has 0 bridgehead atoms. The summed E-state index contributed by atoms with van der Waals surface area (Å²) in [6, 6.07) is 6.48. The summed E-state index contributed by atoms with van der Waals surface area (Å²) in [6.45, 7) is 4.37. The highest BCUT2D eigenvalue weighted by atomic mass is 35.5. The van der Waals surface area contributed by atoms with Crippen molar-refractivity contribution in [2.75, 3.05) is 7.05 Å². The number of para-hydroxylation sites is 1. The van der Waals surface area contributed by atoms with E-state index in [2.05, 4.69) is 30.2 Å². The van der Waals surface area contributed by atoms with Crippen molar-refractivity contribution in [1.29, 1.82) is 0 Å². The molecule has 92 valence electrons. The Morgan fingerprint density at radius 3 is 2.71 bits per heavy atom. The van der Waals surface area contributed by atoms with Gasteiger partial charge in [0.2, 0.25) is 0 Å². The van der Waals surface area contributed by atoms with E-state index in [0.717, 1.165) is 23.4 Å². The topological polar surface area (TPSA) is 27.8 Å². The SMILES string of the molecule is CCc1[nH]c2c(Cl)cccc2c1C(CC)NC. The highest BCUT2D eigenvalue weighted by Gasteiger charge is 2.18. The van der Waals surface area contributed by atoms with Gasteiger partial charge in [-0.2, -0.15) is 0 Å². The molecule has 0 saturated carbocycles. The Kier molecular flexibility index (Phi) is 3.75. The number of rotatable bonds is 4. The van der Waals surface area contributed by atoms with Crippen LogP contribution in [-0.2, 0) is 6.42 Å². The molecule has 0 saturated heterocycles. The largest absolute Gasteiger partial charge is 0.357 e. The predicted molar refractivity (Wildman–Crippen MR) is 74.8 cm³/mol. The quantitative estimate of drug-likeness (QED) is 0.842. The second-order valence-corrected chi connectivity index (χ2v) is 4.69. The van der Waals surface area contributed by atoms with E-state index in [0.29, 0.717) is 6.04 Å². The van der Waals surface area contributed by atoms with Crippen LogP contribution < -0.4 is 5.32 Å². The molecule has 3 heteroatoms. The minimum Gasteiger partial charge on any atom is -0.357 e. The third kappa shape index (κ3) is 2.07. The lowest BCUT2D eigenvalue weighted by molar-refractivity contribution is 0.575. The smallest absolute Gasteiger partial charge is 0.0648 e. The molecule has 1 heterocycles. The van der Waals surface area contributed by atoms with Crippen LogP contribution in [0.5, 0.6) is 0 Å². The summed E-state index contributed by atoms with van der Waals surface area (Å²) in [5.74, 6) is 0. The molecule has 1 aromatic carbocycles. The Morgan fingerprint density at radius 2 is 2.12 bits per heavy atom. The Bertz CT molecular complexity index is 512. The molecule has 0 amide bonds. The van der Waals surface area contributed by atoms with Crippen molar-refractivity contribution < 1.29 is 0 Å². The number of hydrogen-bond donors (Lipinski definition) is 2. The van der Waals surface area contributed by atoms with Gasteiger partial charge in [-0.1, -0.05) is 37.6 Å². The Hall–Kier alpha value is -0.990. The molecule has 1 unspecified atom stereocenters. The molecule has 2 rings (SSSR count). The highest BCUT2D eigenvalue weighted by Crippen LogP contribution is 2.33.